The fourth-order valence-electron chi connectivity index (χ4n) is 6.99. The number of carbonyl (C=O) groups excluding carboxylic acids is 5. The first-order valence-corrected chi connectivity index (χ1v) is 20.8. The topological polar surface area (TPSA) is 182 Å². The smallest absolute Gasteiger partial charge is 0.308 e. The molecule has 14 heteroatoms. The Kier molecular flexibility index (Phi) is 18.6. The Morgan fingerprint density at radius 1 is 1.02 bits per heavy atom. The van der Waals surface area contributed by atoms with Gasteiger partial charge in [0.2, 0.25) is 11.8 Å². The van der Waals surface area contributed by atoms with E-state index >= 15 is 0 Å². The van der Waals surface area contributed by atoms with E-state index in [-0.39, 0.29) is 60.4 Å². The number of esters is 2. The number of anilines is 1. The number of nitrogen functional groups attached to an aromatic ring is 1. The largest absolute Gasteiger partial charge is 0.466 e. The molecule has 2 aromatic rings. The van der Waals surface area contributed by atoms with E-state index in [9.17, 15) is 24.0 Å². The van der Waals surface area contributed by atoms with Crippen LogP contribution >= 0.6 is 11.3 Å². The summed E-state index contributed by atoms with van der Waals surface area (Å²) < 4.78 is 11.1. The molecule has 0 radical (unpaired) electrons. The van der Waals surface area contributed by atoms with Gasteiger partial charge in [0.25, 0.3) is 5.91 Å². The molecule has 7 atom stereocenters. The van der Waals surface area contributed by atoms with Crippen LogP contribution < -0.4 is 21.7 Å². The molecule has 2 heterocycles. The highest BCUT2D eigenvalue weighted by Gasteiger charge is 2.38. The Morgan fingerprint density at radius 3 is 2.31 bits per heavy atom. The highest BCUT2D eigenvalue weighted by molar-refractivity contribution is 7.09. The van der Waals surface area contributed by atoms with Crippen LogP contribution in [0, 0.1) is 17.8 Å². The fraction of sp³-hybridized carbons (Fsp3) is 0.659. The summed E-state index contributed by atoms with van der Waals surface area (Å²) in [5, 5.41) is 11.5. The molecule has 3 rings (SSSR count). The molecule has 1 aromatic heterocycles. The number of thiazole rings is 1. The predicted molar refractivity (Wildman–Crippen MR) is 215 cm³/mol. The minimum absolute atomic E-state index is 0.0416. The summed E-state index contributed by atoms with van der Waals surface area (Å²) in [4.78, 5) is 73.1. The molecule has 0 spiro atoms. The van der Waals surface area contributed by atoms with Crippen molar-refractivity contribution in [2.75, 3.05) is 25.4 Å². The van der Waals surface area contributed by atoms with Crippen molar-refractivity contribution >= 4 is 46.7 Å². The van der Waals surface area contributed by atoms with Gasteiger partial charge >= 0.3 is 11.9 Å². The van der Waals surface area contributed by atoms with Crippen LogP contribution in [0.15, 0.2) is 29.6 Å². The number of hydrogen-bond donors (Lipinski definition) is 4. The fourth-order valence-corrected chi connectivity index (χ4v) is 7.83. The molecule has 1 aromatic carbocycles. The van der Waals surface area contributed by atoms with Crippen molar-refractivity contribution in [3.63, 3.8) is 0 Å². The zero-order valence-electron chi connectivity index (χ0n) is 34.0. The van der Waals surface area contributed by atoms with Crippen LogP contribution in [0.25, 0.3) is 0 Å². The van der Waals surface area contributed by atoms with Gasteiger partial charge in [0.15, 0.2) is 6.10 Å². The van der Waals surface area contributed by atoms with E-state index in [1.54, 1.807) is 31.4 Å². The number of nitrogens with two attached hydrogens (primary N) is 1. The molecule has 5 N–H and O–H groups in total. The van der Waals surface area contributed by atoms with Gasteiger partial charge in [0.05, 0.1) is 18.6 Å². The van der Waals surface area contributed by atoms with Crippen molar-refractivity contribution in [2.24, 2.45) is 17.8 Å². The van der Waals surface area contributed by atoms with Crippen LogP contribution in [0.4, 0.5) is 5.69 Å². The molecule has 1 saturated heterocycles. The van der Waals surface area contributed by atoms with Gasteiger partial charge in [-0.25, -0.2) is 4.98 Å². The van der Waals surface area contributed by atoms with Crippen LogP contribution in [-0.4, -0.2) is 83.4 Å². The Balaban J connectivity index is 1.87. The number of ether oxygens (including phenoxy) is 2. The Bertz CT molecular complexity index is 1540. The van der Waals surface area contributed by atoms with Crippen LogP contribution in [0.1, 0.15) is 127 Å². The number of nitrogens with zero attached hydrogens (tertiary/aromatic N) is 2. The summed E-state index contributed by atoms with van der Waals surface area (Å²) >= 11 is 1.21. The van der Waals surface area contributed by atoms with Crippen molar-refractivity contribution in [3.8, 4) is 0 Å². The summed E-state index contributed by atoms with van der Waals surface area (Å²) in [5.41, 5.74) is 7.60. The van der Waals surface area contributed by atoms with Crippen LogP contribution in [0.5, 0.6) is 0 Å². The number of rotatable bonds is 21. The third-order valence-electron chi connectivity index (χ3n) is 10.2. The number of aromatic nitrogens is 1. The van der Waals surface area contributed by atoms with E-state index in [1.807, 2.05) is 51.7 Å². The first-order chi connectivity index (χ1) is 26.2. The molecule has 55 heavy (non-hydrogen) atoms. The number of piperidine rings is 1. The predicted octanol–water partition coefficient (Wildman–Crippen LogP) is 5.59. The van der Waals surface area contributed by atoms with Crippen molar-refractivity contribution < 1.29 is 33.4 Å². The maximum atomic E-state index is 14.5. The quantitative estimate of drug-likeness (QED) is 0.0921. The summed E-state index contributed by atoms with van der Waals surface area (Å²) in [6, 6.07) is 5.52. The minimum atomic E-state index is -0.832. The number of nitrogens with one attached hydrogen (secondary N) is 3. The van der Waals surface area contributed by atoms with Crippen LogP contribution in [0.2, 0.25) is 0 Å². The molecule has 306 valence electrons. The summed E-state index contributed by atoms with van der Waals surface area (Å²) in [5.74, 6) is -2.21. The lowest BCUT2D eigenvalue weighted by molar-refractivity contribution is -0.150. The van der Waals surface area contributed by atoms with Gasteiger partial charge in [-0.2, -0.15) is 0 Å². The van der Waals surface area contributed by atoms with Gasteiger partial charge in [-0.1, -0.05) is 66.5 Å². The first-order valence-electron chi connectivity index (χ1n) is 20.0. The standard InChI is InChI=1S/C41H64N6O7S/c1-9-20-47(40(51)36(26(6)10-2)46-37(49)32-14-12-13-19-43-32)34(25(4)5)23-35(54-28(8)48)39-45-33(24-55-39)38(50)44-31(21-27(7)41(52)53-11-3)22-29-15-17-30(42)18-16-29/h15-18,24-27,31-32,34-36,43H,9-14,19-23,42H2,1-8H3,(H,44,50)(H,46,49)/t26-,27?,31+,32+,34+,35+,36-/m0/s1. The Morgan fingerprint density at radius 2 is 1.73 bits per heavy atom. The van der Waals surface area contributed by atoms with E-state index in [4.69, 9.17) is 15.2 Å². The van der Waals surface area contributed by atoms with Crippen molar-refractivity contribution in [3.05, 3.63) is 45.9 Å². The van der Waals surface area contributed by atoms with Gasteiger partial charge in [0, 0.05) is 43.0 Å². The summed E-state index contributed by atoms with van der Waals surface area (Å²) in [6.07, 6.45) is 4.31. The molecule has 1 fully saturated rings. The Labute approximate surface area is 331 Å². The maximum Gasteiger partial charge on any atom is 0.308 e. The molecule has 1 aliphatic rings. The zero-order chi connectivity index (χ0) is 40.7. The van der Waals surface area contributed by atoms with Gasteiger partial charge in [0.1, 0.15) is 16.7 Å². The molecule has 13 nitrogen and oxygen atoms in total. The van der Waals surface area contributed by atoms with Gasteiger partial charge in [-0.05, 0) is 75.1 Å². The zero-order valence-corrected chi connectivity index (χ0v) is 34.8. The van der Waals surface area contributed by atoms with E-state index < -0.39 is 36.0 Å². The average Bonchev–Trinajstić information content (AvgIpc) is 3.66. The van der Waals surface area contributed by atoms with E-state index in [2.05, 4.69) is 20.9 Å². The van der Waals surface area contributed by atoms with Crippen molar-refractivity contribution in [1.82, 2.24) is 25.8 Å². The monoisotopic (exact) mass is 784 g/mol. The minimum Gasteiger partial charge on any atom is -0.466 e. The van der Waals surface area contributed by atoms with Crippen LogP contribution in [0.3, 0.4) is 0 Å². The maximum absolute atomic E-state index is 14.5. The molecule has 1 aliphatic heterocycles. The summed E-state index contributed by atoms with van der Waals surface area (Å²) in [6.45, 7) is 16.4. The second kappa shape index (κ2) is 22.5. The van der Waals surface area contributed by atoms with Gasteiger partial charge in [-0.3, -0.25) is 24.0 Å². The van der Waals surface area contributed by atoms with E-state index in [0.717, 1.165) is 31.4 Å². The molecule has 1 unspecified atom stereocenters. The van der Waals surface area contributed by atoms with Crippen LogP contribution in [-0.2, 0) is 35.1 Å². The van der Waals surface area contributed by atoms with E-state index in [1.165, 1.54) is 18.3 Å². The lowest BCUT2D eigenvalue weighted by atomic mass is 9.92. The van der Waals surface area contributed by atoms with Gasteiger partial charge in [-0.15, -0.1) is 11.3 Å². The molecule has 0 saturated carbocycles. The number of amides is 3. The van der Waals surface area contributed by atoms with E-state index in [0.29, 0.717) is 42.9 Å². The number of hydrogen-bond acceptors (Lipinski definition) is 11. The van der Waals surface area contributed by atoms with Gasteiger partial charge < -0.3 is 36.1 Å². The van der Waals surface area contributed by atoms with Crippen molar-refractivity contribution in [1.29, 1.82) is 0 Å². The van der Waals surface area contributed by atoms with Crippen molar-refractivity contribution in [2.45, 2.75) is 137 Å². The molecule has 0 bridgehead atoms. The average molecular weight is 785 g/mol. The molecule has 0 aliphatic carbocycles. The number of carbonyl (C=O) groups is 5. The molecule has 3 amide bonds. The first kappa shape index (κ1) is 45.4. The summed E-state index contributed by atoms with van der Waals surface area (Å²) in [7, 11) is 0. The molecular formula is C41H64N6O7S. The third kappa shape index (κ3) is 13.9. The second-order valence-corrected chi connectivity index (χ2v) is 16.0. The number of benzene rings is 1. The highest BCUT2D eigenvalue weighted by Crippen LogP contribution is 2.32. The lowest BCUT2D eigenvalue weighted by Crippen LogP contribution is -2.58. The third-order valence-corrected chi connectivity index (χ3v) is 11.2. The highest BCUT2D eigenvalue weighted by atomic mass is 32.1. The second-order valence-electron chi connectivity index (χ2n) is 15.1. The normalized spacial score (nSPS) is 17.6. The SMILES string of the molecule is CCCN(C(=O)[C@@H](NC(=O)[C@H]1CCCCN1)[C@@H](C)CC)[C@H](C[C@@H](OC(C)=O)c1nc(C(=O)N[C@@H](Cc2ccc(N)cc2)CC(C)C(=O)OCC)cs1)C(C)C. The lowest BCUT2D eigenvalue weighted by Gasteiger charge is -2.39. The molecular weight excluding hydrogens is 721 g/mol. The Hall–Kier alpha value is -4.04.